The van der Waals surface area contributed by atoms with Crippen molar-refractivity contribution in [2.75, 3.05) is 25.4 Å². The molecule has 0 saturated carbocycles. The summed E-state index contributed by atoms with van der Waals surface area (Å²) in [4.78, 5) is 0. The molecule has 1 atom stereocenters. The van der Waals surface area contributed by atoms with Crippen molar-refractivity contribution in [1.82, 2.24) is 9.62 Å². The van der Waals surface area contributed by atoms with Crippen molar-refractivity contribution in [2.24, 2.45) is 0 Å². The molecule has 1 aromatic rings. The molecular formula is C14H21FN2O2S. The number of sulfonamides is 1. The van der Waals surface area contributed by atoms with Crippen molar-refractivity contribution in [1.29, 1.82) is 0 Å². The van der Waals surface area contributed by atoms with E-state index < -0.39 is 10.0 Å². The van der Waals surface area contributed by atoms with E-state index in [0.29, 0.717) is 38.0 Å². The van der Waals surface area contributed by atoms with Crippen molar-refractivity contribution >= 4 is 10.0 Å². The minimum atomic E-state index is -3.02. The number of rotatable bonds is 6. The van der Waals surface area contributed by atoms with Crippen molar-refractivity contribution < 1.29 is 12.8 Å². The predicted molar refractivity (Wildman–Crippen MR) is 77.5 cm³/mol. The van der Waals surface area contributed by atoms with Gasteiger partial charge < -0.3 is 5.32 Å². The van der Waals surface area contributed by atoms with Gasteiger partial charge in [-0.25, -0.2) is 17.1 Å². The molecule has 1 saturated heterocycles. The zero-order valence-corrected chi connectivity index (χ0v) is 12.5. The Labute approximate surface area is 120 Å². The van der Waals surface area contributed by atoms with Crippen LogP contribution in [0.15, 0.2) is 24.3 Å². The second kappa shape index (κ2) is 6.65. The lowest BCUT2D eigenvalue weighted by Gasteiger charge is -2.18. The average Bonchev–Trinajstić information content (AvgIpc) is 2.72. The van der Waals surface area contributed by atoms with Crippen molar-refractivity contribution in [3.63, 3.8) is 0 Å². The standard InChI is InChI=1S/C14H21FN2O2S/c1-12(11-13-5-2-3-6-14(13)15)16-7-9-17-8-4-10-20(17,18)19/h2-3,5-6,12,16H,4,7-11H2,1H3/t12-/m0/s1. The number of nitrogens with zero attached hydrogens (tertiary/aromatic N) is 1. The Morgan fingerprint density at radius 1 is 1.40 bits per heavy atom. The van der Waals surface area contributed by atoms with Gasteiger partial charge in [-0.1, -0.05) is 18.2 Å². The summed E-state index contributed by atoms with van der Waals surface area (Å²) in [5.74, 6) is 0.0703. The molecule has 2 rings (SSSR count). The van der Waals surface area contributed by atoms with Gasteiger partial charge in [0, 0.05) is 25.7 Å². The summed E-state index contributed by atoms with van der Waals surface area (Å²) in [6.07, 6.45) is 1.31. The van der Waals surface area contributed by atoms with E-state index in [-0.39, 0.29) is 17.6 Å². The maximum atomic E-state index is 13.5. The molecule has 1 aliphatic rings. The van der Waals surface area contributed by atoms with Crippen LogP contribution in [0, 0.1) is 5.82 Å². The van der Waals surface area contributed by atoms with Crippen LogP contribution in [0.3, 0.4) is 0 Å². The van der Waals surface area contributed by atoms with Gasteiger partial charge in [-0.2, -0.15) is 0 Å². The van der Waals surface area contributed by atoms with Crippen LogP contribution in [-0.4, -0.2) is 44.2 Å². The quantitative estimate of drug-likeness (QED) is 0.863. The van der Waals surface area contributed by atoms with E-state index in [1.165, 1.54) is 10.4 Å². The van der Waals surface area contributed by atoms with Crippen molar-refractivity contribution in [2.45, 2.75) is 25.8 Å². The molecule has 0 radical (unpaired) electrons. The zero-order valence-electron chi connectivity index (χ0n) is 11.7. The van der Waals surface area contributed by atoms with Crippen LogP contribution in [-0.2, 0) is 16.4 Å². The first-order valence-corrected chi connectivity index (χ1v) is 8.54. The lowest BCUT2D eigenvalue weighted by Crippen LogP contribution is -2.37. The van der Waals surface area contributed by atoms with E-state index in [1.54, 1.807) is 12.1 Å². The molecule has 0 aliphatic carbocycles. The molecule has 1 N–H and O–H groups in total. The third kappa shape index (κ3) is 4.01. The summed E-state index contributed by atoms with van der Waals surface area (Å²) in [7, 11) is -3.02. The number of benzene rings is 1. The van der Waals surface area contributed by atoms with Gasteiger partial charge in [0.1, 0.15) is 5.82 Å². The summed E-state index contributed by atoms with van der Waals surface area (Å²) in [6.45, 7) is 3.68. The van der Waals surface area contributed by atoms with E-state index in [1.807, 2.05) is 13.0 Å². The Bertz CT molecular complexity index is 548. The highest BCUT2D eigenvalue weighted by Gasteiger charge is 2.27. The molecule has 6 heteroatoms. The fourth-order valence-electron chi connectivity index (χ4n) is 2.44. The van der Waals surface area contributed by atoms with Gasteiger partial charge in [0.05, 0.1) is 5.75 Å². The SMILES string of the molecule is C[C@@H](Cc1ccccc1F)NCCN1CCCS1(=O)=O. The van der Waals surface area contributed by atoms with Gasteiger partial charge in [0.2, 0.25) is 10.0 Å². The van der Waals surface area contributed by atoms with Crippen LogP contribution in [0.1, 0.15) is 18.9 Å². The molecule has 0 bridgehead atoms. The van der Waals surface area contributed by atoms with Gasteiger partial charge in [0.15, 0.2) is 0 Å². The van der Waals surface area contributed by atoms with E-state index in [0.717, 1.165) is 0 Å². The first-order chi connectivity index (χ1) is 9.49. The van der Waals surface area contributed by atoms with Crippen LogP contribution < -0.4 is 5.32 Å². The Kier molecular flexibility index (Phi) is 5.12. The smallest absolute Gasteiger partial charge is 0.214 e. The van der Waals surface area contributed by atoms with Crippen LogP contribution in [0.4, 0.5) is 4.39 Å². The molecule has 0 amide bonds. The van der Waals surface area contributed by atoms with Crippen LogP contribution in [0.5, 0.6) is 0 Å². The number of hydrogen-bond acceptors (Lipinski definition) is 3. The van der Waals surface area contributed by atoms with Crippen molar-refractivity contribution in [3.05, 3.63) is 35.6 Å². The molecule has 1 aromatic carbocycles. The molecule has 112 valence electrons. The minimum Gasteiger partial charge on any atom is -0.313 e. The molecular weight excluding hydrogens is 279 g/mol. The number of nitrogens with one attached hydrogen (secondary N) is 1. The first-order valence-electron chi connectivity index (χ1n) is 6.93. The van der Waals surface area contributed by atoms with E-state index in [4.69, 9.17) is 0 Å². The normalized spacial score (nSPS) is 20.1. The average molecular weight is 300 g/mol. The Balaban J connectivity index is 1.76. The van der Waals surface area contributed by atoms with Crippen LogP contribution >= 0.6 is 0 Å². The van der Waals surface area contributed by atoms with Crippen LogP contribution in [0.25, 0.3) is 0 Å². The highest BCUT2D eigenvalue weighted by atomic mass is 32.2. The number of hydrogen-bond donors (Lipinski definition) is 1. The van der Waals surface area contributed by atoms with Gasteiger partial charge in [-0.05, 0) is 31.4 Å². The molecule has 1 fully saturated rings. The first kappa shape index (κ1) is 15.4. The van der Waals surface area contributed by atoms with Gasteiger partial charge in [-0.3, -0.25) is 0 Å². The van der Waals surface area contributed by atoms with Crippen LogP contribution in [0.2, 0.25) is 0 Å². The fourth-order valence-corrected chi connectivity index (χ4v) is 3.97. The fraction of sp³-hybridized carbons (Fsp3) is 0.571. The highest BCUT2D eigenvalue weighted by Crippen LogP contribution is 2.12. The molecule has 0 aromatic heterocycles. The molecule has 0 unspecified atom stereocenters. The zero-order chi connectivity index (χ0) is 14.6. The highest BCUT2D eigenvalue weighted by molar-refractivity contribution is 7.89. The second-order valence-corrected chi connectivity index (χ2v) is 7.31. The Morgan fingerprint density at radius 3 is 2.80 bits per heavy atom. The minimum absolute atomic E-state index is 0.109. The lowest BCUT2D eigenvalue weighted by atomic mass is 10.1. The number of halogens is 1. The van der Waals surface area contributed by atoms with Gasteiger partial charge >= 0.3 is 0 Å². The third-order valence-corrected chi connectivity index (χ3v) is 5.50. The van der Waals surface area contributed by atoms with E-state index >= 15 is 0 Å². The second-order valence-electron chi connectivity index (χ2n) is 5.22. The topological polar surface area (TPSA) is 49.4 Å². The molecule has 4 nitrogen and oxygen atoms in total. The molecule has 20 heavy (non-hydrogen) atoms. The monoisotopic (exact) mass is 300 g/mol. The molecule has 1 heterocycles. The summed E-state index contributed by atoms with van der Waals surface area (Å²) in [5, 5.41) is 3.25. The maximum Gasteiger partial charge on any atom is 0.214 e. The summed E-state index contributed by atoms with van der Waals surface area (Å²) < 4.78 is 38.3. The van der Waals surface area contributed by atoms with Gasteiger partial charge in [-0.15, -0.1) is 0 Å². The third-order valence-electron chi connectivity index (χ3n) is 3.54. The molecule has 0 spiro atoms. The Morgan fingerprint density at radius 2 is 2.15 bits per heavy atom. The summed E-state index contributed by atoms with van der Waals surface area (Å²) >= 11 is 0. The lowest BCUT2D eigenvalue weighted by molar-refractivity contribution is 0.417. The summed E-state index contributed by atoms with van der Waals surface area (Å²) in [5.41, 5.74) is 0.682. The maximum absolute atomic E-state index is 13.5. The van der Waals surface area contributed by atoms with Gasteiger partial charge in [0.25, 0.3) is 0 Å². The van der Waals surface area contributed by atoms with E-state index in [9.17, 15) is 12.8 Å². The predicted octanol–water partition coefficient (Wildman–Crippen LogP) is 1.38. The van der Waals surface area contributed by atoms with Crippen molar-refractivity contribution in [3.8, 4) is 0 Å². The largest absolute Gasteiger partial charge is 0.313 e. The van der Waals surface area contributed by atoms with E-state index in [2.05, 4.69) is 5.32 Å². The Hall–Kier alpha value is -0.980. The summed E-state index contributed by atoms with van der Waals surface area (Å²) in [6, 6.07) is 6.84. The molecule has 1 aliphatic heterocycles.